The minimum atomic E-state index is 0.424. The largest absolute Gasteiger partial charge is 0.494 e. The number of benzene rings is 1. The molecule has 3 atom stereocenters. The van der Waals surface area contributed by atoms with E-state index >= 15 is 0 Å². The van der Waals surface area contributed by atoms with Crippen LogP contribution in [0.25, 0.3) is 0 Å². The van der Waals surface area contributed by atoms with Gasteiger partial charge in [0.25, 0.3) is 0 Å². The lowest BCUT2D eigenvalue weighted by molar-refractivity contribution is 0.339. The van der Waals surface area contributed by atoms with Crippen LogP contribution in [-0.4, -0.2) is 12.6 Å². The summed E-state index contributed by atoms with van der Waals surface area (Å²) in [5, 5.41) is 3.81. The lowest BCUT2D eigenvalue weighted by Gasteiger charge is -2.24. The zero-order valence-electron chi connectivity index (χ0n) is 12.5. The van der Waals surface area contributed by atoms with Crippen LogP contribution in [0.15, 0.2) is 24.3 Å². The van der Waals surface area contributed by atoms with Crippen molar-refractivity contribution in [1.29, 1.82) is 0 Å². The molecule has 0 aromatic heterocycles. The first kappa shape index (κ1) is 14.4. The summed E-state index contributed by atoms with van der Waals surface area (Å²) in [4.78, 5) is 0. The Morgan fingerprint density at radius 1 is 1.21 bits per heavy atom. The van der Waals surface area contributed by atoms with Gasteiger partial charge in [0.1, 0.15) is 5.75 Å². The predicted molar refractivity (Wildman–Crippen MR) is 80.6 cm³/mol. The van der Waals surface area contributed by atoms with E-state index in [2.05, 4.69) is 43.4 Å². The van der Waals surface area contributed by atoms with E-state index in [9.17, 15) is 0 Å². The maximum atomic E-state index is 5.49. The minimum Gasteiger partial charge on any atom is -0.494 e. The Kier molecular flexibility index (Phi) is 5.26. The summed E-state index contributed by atoms with van der Waals surface area (Å²) in [7, 11) is 0. The highest BCUT2D eigenvalue weighted by Crippen LogP contribution is 2.30. The van der Waals surface area contributed by atoms with Crippen LogP contribution in [-0.2, 0) is 0 Å². The average Bonchev–Trinajstić information content (AvgIpc) is 2.87. The normalized spacial score (nSPS) is 24.4. The van der Waals surface area contributed by atoms with Gasteiger partial charge in [-0.2, -0.15) is 0 Å². The number of ether oxygens (including phenoxy) is 1. The highest BCUT2D eigenvalue weighted by atomic mass is 16.5. The van der Waals surface area contributed by atoms with E-state index in [0.717, 1.165) is 18.3 Å². The molecule has 1 aliphatic carbocycles. The Hall–Kier alpha value is -1.02. The van der Waals surface area contributed by atoms with Gasteiger partial charge >= 0.3 is 0 Å². The van der Waals surface area contributed by atoms with Crippen molar-refractivity contribution in [1.82, 2.24) is 5.32 Å². The van der Waals surface area contributed by atoms with Crippen molar-refractivity contribution < 1.29 is 4.74 Å². The molecule has 2 heteroatoms. The number of nitrogens with one attached hydrogen (secondary N) is 1. The maximum absolute atomic E-state index is 5.49. The molecule has 1 N–H and O–H groups in total. The second-order valence-electron chi connectivity index (χ2n) is 5.60. The Bertz CT molecular complexity index is 373. The van der Waals surface area contributed by atoms with Crippen molar-refractivity contribution in [2.24, 2.45) is 5.92 Å². The summed E-state index contributed by atoms with van der Waals surface area (Å²) in [6.07, 6.45) is 5.41. The van der Waals surface area contributed by atoms with Crippen LogP contribution in [0.3, 0.4) is 0 Å². The van der Waals surface area contributed by atoms with Crippen molar-refractivity contribution in [3.63, 3.8) is 0 Å². The minimum absolute atomic E-state index is 0.424. The molecule has 0 saturated heterocycles. The predicted octanol–water partition coefficient (Wildman–Crippen LogP) is 4.31. The summed E-state index contributed by atoms with van der Waals surface area (Å²) in [5.74, 6) is 1.83. The van der Waals surface area contributed by atoms with Crippen molar-refractivity contribution in [2.45, 2.75) is 58.5 Å². The van der Waals surface area contributed by atoms with Crippen LogP contribution in [0.4, 0.5) is 0 Å². The van der Waals surface area contributed by atoms with Gasteiger partial charge in [-0.3, -0.25) is 0 Å². The summed E-state index contributed by atoms with van der Waals surface area (Å²) in [6.45, 7) is 7.32. The van der Waals surface area contributed by atoms with Gasteiger partial charge in [0.05, 0.1) is 6.61 Å². The van der Waals surface area contributed by atoms with Crippen LogP contribution < -0.4 is 10.1 Å². The van der Waals surface area contributed by atoms with Crippen LogP contribution in [0.5, 0.6) is 5.75 Å². The molecule has 2 nitrogen and oxygen atoms in total. The fourth-order valence-electron chi connectivity index (χ4n) is 3.18. The van der Waals surface area contributed by atoms with Gasteiger partial charge in [0, 0.05) is 12.1 Å². The van der Waals surface area contributed by atoms with E-state index in [0.29, 0.717) is 12.1 Å². The second-order valence-corrected chi connectivity index (χ2v) is 5.60. The van der Waals surface area contributed by atoms with Crippen molar-refractivity contribution in [3.05, 3.63) is 29.8 Å². The topological polar surface area (TPSA) is 21.3 Å². The first-order chi connectivity index (χ1) is 9.24. The molecule has 0 amide bonds. The van der Waals surface area contributed by atoms with E-state index in [4.69, 9.17) is 4.74 Å². The van der Waals surface area contributed by atoms with E-state index < -0.39 is 0 Å². The van der Waals surface area contributed by atoms with E-state index in [1.807, 2.05) is 6.92 Å². The third-order valence-electron chi connectivity index (χ3n) is 4.34. The molecule has 1 saturated carbocycles. The molecule has 1 aliphatic rings. The summed E-state index contributed by atoms with van der Waals surface area (Å²) in [5.41, 5.74) is 1.35. The third kappa shape index (κ3) is 3.73. The lowest BCUT2D eigenvalue weighted by Crippen LogP contribution is -2.34. The fraction of sp³-hybridized carbons (Fsp3) is 0.647. The highest BCUT2D eigenvalue weighted by Gasteiger charge is 2.26. The van der Waals surface area contributed by atoms with Crippen LogP contribution in [0, 0.1) is 5.92 Å². The molecule has 1 aromatic carbocycles. The third-order valence-corrected chi connectivity index (χ3v) is 4.34. The molecular weight excluding hydrogens is 234 g/mol. The van der Waals surface area contributed by atoms with Crippen LogP contribution in [0.1, 0.15) is 58.1 Å². The number of hydrogen-bond donors (Lipinski definition) is 1. The van der Waals surface area contributed by atoms with Gasteiger partial charge in [-0.25, -0.2) is 0 Å². The first-order valence-electron chi connectivity index (χ1n) is 7.73. The monoisotopic (exact) mass is 261 g/mol. The average molecular weight is 261 g/mol. The van der Waals surface area contributed by atoms with E-state index in [1.165, 1.54) is 31.2 Å². The van der Waals surface area contributed by atoms with Crippen molar-refractivity contribution >= 4 is 0 Å². The van der Waals surface area contributed by atoms with Crippen LogP contribution >= 0.6 is 0 Å². The molecule has 0 heterocycles. The van der Waals surface area contributed by atoms with E-state index in [-0.39, 0.29) is 0 Å². The highest BCUT2D eigenvalue weighted by molar-refractivity contribution is 5.29. The van der Waals surface area contributed by atoms with Crippen LogP contribution in [0.2, 0.25) is 0 Å². The molecule has 1 aromatic rings. The van der Waals surface area contributed by atoms with Gasteiger partial charge in [-0.05, 0) is 50.3 Å². The maximum Gasteiger partial charge on any atom is 0.119 e. The quantitative estimate of drug-likeness (QED) is 0.823. The van der Waals surface area contributed by atoms with Gasteiger partial charge in [-0.15, -0.1) is 0 Å². The molecule has 106 valence electrons. The zero-order valence-corrected chi connectivity index (χ0v) is 12.5. The standard InChI is InChI=1S/C17H27NO/c1-4-14-7-6-8-17(14)18-13(3)15-9-11-16(12-10-15)19-5-2/h9-14,17-18H,4-8H2,1-3H3. The van der Waals surface area contributed by atoms with Crippen molar-refractivity contribution in [3.8, 4) is 5.75 Å². The molecule has 0 aliphatic heterocycles. The molecule has 19 heavy (non-hydrogen) atoms. The fourth-order valence-corrected chi connectivity index (χ4v) is 3.18. The Morgan fingerprint density at radius 3 is 2.58 bits per heavy atom. The lowest BCUT2D eigenvalue weighted by atomic mass is 9.98. The smallest absolute Gasteiger partial charge is 0.119 e. The van der Waals surface area contributed by atoms with Crippen molar-refractivity contribution in [2.75, 3.05) is 6.61 Å². The number of hydrogen-bond acceptors (Lipinski definition) is 2. The molecule has 3 unspecified atom stereocenters. The Labute approximate surface area is 117 Å². The van der Waals surface area contributed by atoms with Gasteiger partial charge in [-0.1, -0.05) is 31.9 Å². The summed E-state index contributed by atoms with van der Waals surface area (Å²) < 4.78 is 5.49. The van der Waals surface area contributed by atoms with Gasteiger partial charge in [0.2, 0.25) is 0 Å². The first-order valence-corrected chi connectivity index (χ1v) is 7.73. The molecular formula is C17H27NO. The SMILES string of the molecule is CCOc1ccc(C(C)NC2CCCC2CC)cc1. The molecule has 0 radical (unpaired) electrons. The van der Waals surface area contributed by atoms with Gasteiger partial charge < -0.3 is 10.1 Å². The van der Waals surface area contributed by atoms with Gasteiger partial charge in [0.15, 0.2) is 0 Å². The Balaban J connectivity index is 1.93. The number of rotatable bonds is 6. The molecule has 1 fully saturated rings. The van der Waals surface area contributed by atoms with E-state index in [1.54, 1.807) is 0 Å². The molecule has 2 rings (SSSR count). The Morgan fingerprint density at radius 2 is 1.95 bits per heavy atom. The zero-order chi connectivity index (χ0) is 13.7. The second kappa shape index (κ2) is 6.95. The molecule has 0 bridgehead atoms. The summed E-state index contributed by atoms with van der Waals surface area (Å²) >= 11 is 0. The molecule has 0 spiro atoms. The summed E-state index contributed by atoms with van der Waals surface area (Å²) in [6, 6.07) is 9.63.